The van der Waals surface area contributed by atoms with Gasteiger partial charge in [-0.05, 0) is 24.0 Å². The van der Waals surface area contributed by atoms with Gasteiger partial charge in [0.1, 0.15) is 12.4 Å². The topological polar surface area (TPSA) is 93.2 Å². The third-order valence-electron chi connectivity index (χ3n) is 5.14. The van der Waals surface area contributed by atoms with Crippen LogP contribution < -0.4 is 16.6 Å². The Labute approximate surface area is 155 Å². The molecule has 1 atom stereocenters. The first-order valence-electron chi connectivity index (χ1n) is 9.18. The van der Waals surface area contributed by atoms with Crippen molar-refractivity contribution in [1.82, 2.24) is 9.55 Å². The number of carbonyl (C=O) groups excluding carboxylic acids is 1. The molecule has 0 radical (unpaired) electrons. The average molecular weight is 367 g/mol. The molecule has 0 amide bonds. The number of esters is 1. The fraction of sp³-hybridized carbons (Fsp3) is 0.350. The molecule has 1 aromatic carbocycles. The Kier molecular flexibility index (Phi) is 4.22. The van der Waals surface area contributed by atoms with E-state index < -0.39 is 23.1 Å². The van der Waals surface area contributed by atoms with E-state index in [0.29, 0.717) is 29.2 Å². The number of nitrogens with zero attached hydrogens (tertiary/aromatic N) is 1. The zero-order chi connectivity index (χ0) is 19.1. The van der Waals surface area contributed by atoms with Gasteiger partial charge in [-0.1, -0.05) is 38.1 Å². The van der Waals surface area contributed by atoms with E-state index in [1.807, 2.05) is 31.2 Å². The predicted octanol–water partition coefficient (Wildman–Crippen LogP) is 1.88. The molecular formula is C20H21N3O4. The van der Waals surface area contributed by atoms with E-state index in [1.54, 1.807) is 0 Å². The predicted molar refractivity (Wildman–Crippen MR) is 101 cm³/mol. The maximum Gasteiger partial charge on any atom is 0.337 e. The molecule has 1 aromatic heterocycles. The first kappa shape index (κ1) is 17.3. The largest absolute Gasteiger partial charge is 0.456 e. The number of ether oxygens (including phenoxy) is 1. The van der Waals surface area contributed by atoms with E-state index in [4.69, 9.17) is 4.74 Å². The smallest absolute Gasteiger partial charge is 0.337 e. The third-order valence-corrected chi connectivity index (χ3v) is 5.14. The molecule has 4 rings (SSSR count). The lowest BCUT2D eigenvalue weighted by Crippen LogP contribution is -2.38. The number of cyclic esters (lactones) is 1. The Bertz CT molecular complexity index is 1060. The summed E-state index contributed by atoms with van der Waals surface area (Å²) in [6, 6.07) is 7.86. The van der Waals surface area contributed by atoms with Crippen molar-refractivity contribution in [3.8, 4) is 0 Å². The minimum Gasteiger partial charge on any atom is -0.456 e. The van der Waals surface area contributed by atoms with Gasteiger partial charge in [-0.2, -0.15) is 0 Å². The highest BCUT2D eigenvalue weighted by atomic mass is 16.5. The SMILES string of the molecule is CCCn1c2c(c(=O)[nH]c1=O)[C@H](c1ccc(CC)cc1)C1=C(COC1=O)N2. The molecule has 0 saturated heterocycles. The molecule has 0 fully saturated rings. The van der Waals surface area contributed by atoms with Crippen LogP contribution in [0.3, 0.4) is 0 Å². The summed E-state index contributed by atoms with van der Waals surface area (Å²) in [5.74, 6) is -0.544. The van der Waals surface area contributed by atoms with Gasteiger partial charge in [-0.15, -0.1) is 0 Å². The lowest BCUT2D eigenvalue weighted by atomic mass is 9.82. The fourth-order valence-electron chi connectivity index (χ4n) is 3.80. The quantitative estimate of drug-likeness (QED) is 0.805. The van der Waals surface area contributed by atoms with Crippen molar-refractivity contribution in [3.63, 3.8) is 0 Å². The Morgan fingerprint density at radius 1 is 1.15 bits per heavy atom. The number of aromatic nitrogens is 2. The maximum atomic E-state index is 12.8. The lowest BCUT2D eigenvalue weighted by Gasteiger charge is -2.28. The van der Waals surface area contributed by atoms with E-state index >= 15 is 0 Å². The monoisotopic (exact) mass is 367 g/mol. The molecule has 0 aliphatic carbocycles. The molecule has 7 nitrogen and oxygen atoms in total. The molecule has 140 valence electrons. The van der Waals surface area contributed by atoms with Gasteiger partial charge in [0.25, 0.3) is 5.56 Å². The first-order valence-corrected chi connectivity index (χ1v) is 9.18. The van der Waals surface area contributed by atoms with Gasteiger partial charge in [-0.25, -0.2) is 9.59 Å². The fourth-order valence-corrected chi connectivity index (χ4v) is 3.80. The summed E-state index contributed by atoms with van der Waals surface area (Å²) in [5.41, 5.74) is 2.50. The van der Waals surface area contributed by atoms with Crippen LogP contribution >= 0.6 is 0 Å². The molecule has 0 bridgehead atoms. The number of hydrogen-bond acceptors (Lipinski definition) is 5. The van der Waals surface area contributed by atoms with Crippen LogP contribution in [0.4, 0.5) is 5.82 Å². The molecule has 3 heterocycles. The number of nitrogens with one attached hydrogen (secondary N) is 2. The number of rotatable bonds is 4. The molecule has 2 aliphatic heterocycles. The van der Waals surface area contributed by atoms with Crippen LogP contribution in [0.5, 0.6) is 0 Å². The second-order valence-corrected chi connectivity index (χ2v) is 6.79. The number of aryl methyl sites for hydroxylation is 1. The number of fused-ring (bicyclic) bond motifs is 1. The third kappa shape index (κ3) is 2.70. The number of H-pyrrole nitrogens is 1. The van der Waals surface area contributed by atoms with Gasteiger partial charge < -0.3 is 10.1 Å². The number of aromatic amines is 1. The van der Waals surface area contributed by atoms with E-state index in [0.717, 1.165) is 18.4 Å². The Hall–Kier alpha value is -3.09. The summed E-state index contributed by atoms with van der Waals surface area (Å²) >= 11 is 0. The highest BCUT2D eigenvalue weighted by molar-refractivity contribution is 5.96. The van der Waals surface area contributed by atoms with Crippen molar-refractivity contribution < 1.29 is 9.53 Å². The normalized spacial score (nSPS) is 18.0. The zero-order valence-corrected chi connectivity index (χ0v) is 15.3. The van der Waals surface area contributed by atoms with Gasteiger partial charge in [0.2, 0.25) is 0 Å². The maximum absolute atomic E-state index is 12.8. The summed E-state index contributed by atoms with van der Waals surface area (Å²) in [6.07, 6.45) is 1.63. The number of carbonyl (C=O) groups is 1. The zero-order valence-electron chi connectivity index (χ0n) is 15.3. The highest BCUT2D eigenvalue weighted by Crippen LogP contribution is 2.42. The van der Waals surface area contributed by atoms with Crippen LogP contribution in [0.1, 0.15) is 42.9 Å². The molecule has 2 aliphatic rings. The molecule has 0 saturated carbocycles. The van der Waals surface area contributed by atoms with Crippen molar-refractivity contribution in [2.45, 2.75) is 39.2 Å². The van der Waals surface area contributed by atoms with Crippen molar-refractivity contribution in [3.05, 3.63) is 73.1 Å². The van der Waals surface area contributed by atoms with E-state index in [-0.39, 0.29) is 6.61 Å². The van der Waals surface area contributed by atoms with E-state index in [1.165, 1.54) is 10.1 Å². The average Bonchev–Trinajstić information content (AvgIpc) is 3.04. The minimum absolute atomic E-state index is 0.115. The van der Waals surface area contributed by atoms with E-state index in [9.17, 15) is 14.4 Å². The molecule has 27 heavy (non-hydrogen) atoms. The van der Waals surface area contributed by atoms with E-state index in [2.05, 4.69) is 17.2 Å². The molecule has 0 unspecified atom stereocenters. The van der Waals surface area contributed by atoms with Crippen LogP contribution in [0.2, 0.25) is 0 Å². The van der Waals surface area contributed by atoms with Gasteiger partial charge >= 0.3 is 11.7 Å². The Balaban J connectivity index is 1.99. The number of benzene rings is 1. The van der Waals surface area contributed by atoms with Gasteiger partial charge in [-0.3, -0.25) is 14.3 Å². The second kappa shape index (κ2) is 6.57. The number of hydrogen-bond donors (Lipinski definition) is 2. The van der Waals surface area contributed by atoms with Crippen LogP contribution in [-0.2, 0) is 22.5 Å². The molecule has 7 heteroatoms. The summed E-state index contributed by atoms with van der Waals surface area (Å²) in [7, 11) is 0. The van der Waals surface area contributed by atoms with Crippen LogP contribution in [0.15, 0.2) is 45.1 Å². The van der Waals surface area contributed by atoms with Crippen LogP contribution in [0, 0.1) is 0 Å². The molecule has 2 N–H and O–H groups in total. The van der Waals surface area contributed by atoms with Crippen molar-refractivity contribution in [2.75, 3.05) is 11.9 Å². The Morgan fingerprint density at radius 3 is 2.56 bits per heavy atom. The molecule has 0 spiro atoms. The summed E-state index contributed by atoms with van der Waals surface area (Å²) < 4.78 is 6.75. The minimum atomic E-state index is -0.565. The van der Waals surface area contributed by atoms with Crippen molar-refractivity contribution in [1.29, 1.82) is 0 Å². The van der Waals surface area contributed by atoms with Crippen molar-refractivity contribution in [2.24, 2.45) is 0 Å². The molecular weight excluding hydrogens is 346 g/mol. The van der Waals surface area contributed by atoms with Crippen LogP contribution in [-0.4, -0.2) is 22.1 Å². The summed E-state index contributed by atoms with van der Waals surface area (Å²) in [4.78, 5) is 39.9. The second-order valence-electron chi connectivity index (χ2n) is 6.79. The molecule has 2 aromatic rings. The highest BCUT2D eigenvalue weighted by Gasteiger charge is 2.41. The first-order chi connectivity index (χ1) is 13.0. The lowest BCUT2D eigenvalue weighted by molar-refractivity contribution is -0.136. The number of anilines is 1. The summed E-state index contributed by atoms with van der Waals surface area (Å²) in [5, 5.41) is 3.12. The van der Waals surface area contributed by atoms with Gasteiger partial charge in [0.05, 0.1) is 22.8 Å². The van der Waals surface area contributed by atoms with Crippen LogP contribution in [0.25, 0.3) is 0 Å². The Morgan fingerprint density at radius 2 is 1.89 bits per heavy atom. The van der Waals surface area contributed by atoms with Gasteiger partial charge in [0, 0.05) is 6.54 Å². The standard InChI is InChI=1S/C20H21N3O4/c1-3-9-23-17-16(18(24)22-20(23)26)14(12-7-5-11(4-2)6-8-12)15-13(21-17)10-27-19(15)25/h5-8,14,21H,3-4,9-10H2,1-2H3,(H,22,24,26)/t14-/m1/s1. The summed E-state index contributed by atoms with van der Waals surface area (Å²) in [6.45, 7) is 4.60. The van der Waals surface area contributed by atoms with Crippen molar-refractivity contribution >= 4 is 11.8 Å². The van der Waals surface area contributed by atoms with Gasteiger partial charge in [0.15, 0.2) is 0 Å².